The molecule has 66 valence electrons. The fourth-order valence-electron chi connectivity index (χ4n) is 0.230. The van der Waals surface area contributed by atoms with Crippen molar-refractivity contribution in [2.75, 3.05) is 6.61 Å². The van der Waals surface area contributed by atoms with E-state index in [-0.39, 0.29) is 29.5 Å². The van der Waals surface area contributed by atoms with Crippen molar-refractivity contribution >= 4 is 5.97 Å². The first-order chi connectivity index (χ1) is 3.27. The fourth-order valence-corrected chi connectivity index (χ4v) is 0.230. The van der Waals surface area contributed by atoms with Gasteiger partial charge in [0, 0.05) is 13.0 Å². The van der Waals surface area contributed by atoms with Crippen LogP contribution in [0.5, 0.6) is 0 Å². The van der Waals surface area contributed by atoms with Crippen LogP contribution >= 0.6 is 0 Å². The third-order valence-corrected chi connectivity index (χ3v) is 0.549. The van der Waals surface area contributed by atoms with Crippen LogP contribution in [0.15, 0.2) is 0 Å². The molecule has 0 heterocycles. The Morgan fingerprint density at radius 2 is 1.60 bits per heavy atom. The SMILES string of the molecule is O.O.O.O=C(O)CCCO. The van der Waals surface area contributed by atoms with Gasteiger partial charge in [0.2, 0.25) is 0 Å². The van der Waals surface area contributed by atoms with Gasteiger partial charge in [-0.1, -0.05) is 0 Å². The highest BCUT2D eigenvalue weighted by atomic mass is 16.4. The molecule has 0 aliphatic rings. The van der Waals surface area contributed by atoms with E-state index in [0.717, 1.165) is 0 Å². The molecular weight excluding hydrogens is 144 g/mol. The first kappa shape index (κ1) is 22.8. The summed E-state index contributed by atoms with van der Waals surface area (Å²) in [5, 5.41) is 16.0. The van der Waals surface area contributed by atoms with Crippen molar-refractivity contribution in [2.45, 2.75) is 12.8 Å². The van der Waals surface area contributed by atoms with Gasteiger partial charge in [-0.25, -0.2) is 0 Å². The third kappa shape index (κ3) is 26.6. The molecule has 0 radical (unpaired) electrons. The molecule has 0 amide bonds. The lowest BCUT2D eigenvalue weighted by Gasteiger charge is -1.85. The number of carboxylic acids is 1. The van der Waals surface area contributed by atoms with Crippen LogP contribution in [0.25, 0.3) is 0 Å². The molecule has 0 fully saturated rings. The second-order valence-electron chi connectivity index (χ2n) is 1.22. The van der Waals surface area contributed by atoms with E-state index in [9.17, 15) is 4.79 Å². The molecule has 6 heteroatoms. The Morgan fingerprint density at radius 1 is 1.20 bits per heavy atom. The molecule has 0 aromatic carbocycles. The Labute approximate surface area is 58.0 Å². The van der Waals surface area contributed by atoms with Crippen LogP contribution in [0, 0.1) is 0 Å². The molecule has 0 saturated carbocycles. The van der Waals surface area contributed by atoms with Gasteiger partial charge in [0.15, 0.2) is 0 Å². The van der Waals surface area contributed by atoms with Crippen LogP contribution < -0.4 is 0 Å². The number of aliphatic carboxylic acids is 1. The smallest absolute Gasteiger partial charge is 0.303 e. The van der Waals surface area contributed by atoms with Crippen LogP contribution in [0.2, 0.25) is 0 Å². The number of carbonyl (C=O) groups is 1. The summed E-state index contributed by atoms with van der Waals surface area (Å²) in [6.45, 7) is -0.0354. The Morgan fingerprint density at radius 3 is 1.70 bits per heavy atom. The second-order valence-corrected chi connectivity index (χ2v) is 1.22. The normalized spacial score (nSPS) is 6.10. The largest absolute Gasteiger partial charge is 0.481 e. The van der Waals surface area contributed by atoms with Crippen molar-refractivity contribution in [2.24, 2.45) is 0 Å². The van der Waals surface area contributed by atoms with E-state index in [0.29, 0.717) is 6.42 Å². The molecule has 0 spiro atoms. The Hall–Kier alpha value is -0.690. The second kappa shape index (κ2) is 15.7. The van der Waals surface area contributed by atoms with Crippen molar-refractivity contribution in [3.05, 3.63) is 0 Å². The van der Waals surface area contributed by atoms with E-state index in [2.05, 4.69) is 0 Å². The minimum absolute atomic E-state index is 0. The van der Waals surface area contributed by atoms with Crippen molar-refractivity contribution in [3.63, 3.8) is 0 Å². The highest BCUT2D eigenvalue weighted by Gasteiger charge is 1.91. The van der Waals surface area contributed by atoms with E-state index in [1.807, 2.05) is 0 Å². The van der Waals surface area contributed by atoms with Gasteiger partial charge in [0.05, 0.1) is 0 Å². The number of carboxylic acid groups (broad SMARTS) is 1. The molecule has 0 aliphatic carbocycles. The van der Waals surface area contributed by atoms with E-state index < -0.39 is 5.97 Å². The molecule has 8 N–H and O–H groups in total. The van der Waals surface area contributed by atoms with Crippen molar-refractivity contribution in [3.8, 4) is 0 Å². The molecule has 6 nitrogen and oxygen atoms in total. The summed E-state index contributed by atoms with van der Waals surface area (Å²) in [4.78, 5) is 9.65. The van der Waals surface area contributed by atoms with Crippen LogP contribution in [0.4, 0.5) is 0 Å². The van der Waals surface area contributed by atoms with Gasteiger partial charge in [-0.15, -0.1) is 0 Å². The maximum atomic E-state index is 9.65. The molecule has 0 aromatic heterocycles. The summed E-state index contributed by atoms with van der Waals surface area (Å²) < 4.78 is 0. The minimum atomic E-state index is -0.853. The van der Waals surface area contributed by atoms with E-state index in [1.165, 1.54) is 0 Å². The Bertz CT molecular complexity index is 62.8. The number of rotatable bonds is 3. The first-order valence-corrected chi connectivity index (χ1v) is 2.10. The maximum Gasteiger partial charge on any atom is 0.303 e. The maximum absolute atomic E-state index is 9.65. The third-order valence-electron chi connectivity index (χ3n) is 0.549. The molecule has 0 aliphatic heterocycles. The lowest BCUT2D eigenvalue weighted by Crippen LogP contribution is -1.95. The van der Waals surface area contributed by atoms with Gasteiger partial charge in [-0.05, 0) is 6.42 Å². The highest BCUT2D eigenvalue weighted by Crippen LogP contribution is 1.83. The molecule has 0 aromatic rings. The summed E-state index contributed by atoms with van der Waals surface area (Å²) in [6.07, 6.45) is 0.422. The summed E-state index contributed by atoms with van der Waals surface area (Å²) >= 11 is 0. The van der Waals surface area contributed by atoms with E-state index in [1.54, 1.807) is 0 Å². The average Bonchev–Trinajstić information content (AvgIpc) is 1.61. The van der Waals surface area contributed by atoms with Gasteiger partial charge in [0.1, 0.15) is 0 Å². The molecular formula is C4H14O6. The Kier molecular flexibility index (Phi) is 35.9. The summed E-state index contributed by atoms with van der Waals surface area (Å²) in [5.41, 5.74) is 0. The van der Waals surface area contributed by atoms with Crippen LogP contribution in [-0.2, 0) is 4.79 Å². The van der Waals surface area contributed by atoms with Gasteiger partial charge in [-0.2, -0.15) is 0 Å². The molecule has 0 saturated heterocycles. The lowest BCUT2D eigenvalue weighted by molar-refractivity contribution is -0.137. The molecule has 10 heavy (non-hydrogen) atoms. The molecule has 0 bridgehead atoms. The minimum Gasteiger partial charge on any atom is -0.481 e. The van der Waals surface area contributed by atoms with Crippen molar-refractivity contribution in [1.29, 1.82) is 0 Å². The molecule has 0 unspecified atom stereocenters. The van der Waals surface area contributed by atoms with Gasteiger partial charge in [0.25, 0.3) is 0 Å². The van der Waals surface area contributed by atoms with Crippen LogP contribution in [0.1, 0.15) is 12.8 Å². The number of hydrogen-bond donors (Lipinski definition) is 2. The predicted molar refractivity (Wildman–Crippen MR) is 34.8 cm³/mol. The predicted octanol–water partition coefficient (Wildman–Crippen LogP) is -2.63. The number of aliphatic hydroxyl groups is 1. The van der Waals surface area contributed by atoms with E-state index in [4.69, 9.17) is 10.2 Å². The van der Waals surface area contributed by atoms with Crippen LogP contribution in [-0.4, -0.2) is 39.2 Å². The summed E-state index contributed by atoms with van der Waals surface area (Å²) in [5.74, 6) is -0.853. The fraction of sp³-hybridized carbons (Fsp3) is 0.750. The van der Waals surface area contributed by atoms with Gasteiger partial charge < -0.3 is 26.6 Å². The zero-order chi connectivity index (χ0) is 5.70. The topological polar surface area (TPSA) is 152 Å². The van der Waals surface area contributed by atoms with Gasteiger partial charge >= 0.3 is 5.97 Å². The zero-order valence-corrected chi connectivity index (χ0v) is 5.42. The summed E-state index contributed by atoms with van der Waals surface area (Å²) in [7, 11) is 0. The van der Waals surface area contributed by atoms with Crippen molar-refractivity contribution in [1.82, 2.24) is 0 Å². The standard InChI is InChI=1S/C4H8O3.3H2O/c5-3-1-2-4(6)7;;;/h5H,1-3H2,(H,6,7);3*1H2. The Balaban J connectivity index is -0.0000000600. The quantitative estimate of drug-likeness (QED) is 0.461. The van der Waals surface area contributed by atoms with Crippen molar-refractivity contribution < 1.29 is 31.4 Å². The van der Waals surface area contributed by atoms with E-state index >= 15 is 0 Å². The first-order valence-electron chi connectivity index (χ1n) is 2.10. The van der Waals surface area contributed by atoms with Crippen LogP contribution in [0.3, 0.4) is 0 Å². The highest BCUT2D eigenvalue weighted by molar-refractivity contribution is 5.66. The number of hydrogen-bond acceptors (Lipinski definition) is 2. The summed E-state index contributed by atoms with van der Waals surface area (Å²) in [6, 6.07) is 0. The molecule has 0 atom stereocenters. The lowest BCUT2D eigenvalue weighted by atomic mass is 10.3. The number of aliphatic hydroxyl groups excluding tert-OH is 1. The average molecular weight is 158 g/mol. The molecule has 0 rings (SSSR count). The van der Waals surface area contributed by atoms with Gasteiger partial charge in [-0.3, -0.25) is 4.79 Å². The monoisotopic (exact) mass is 158 g/mol. The zero-order valence-electron chi connectivity index (χ0n) is 5.42.